The molecule has 1 aromatic heterocycles. The zero-order valence-electron chi connectivity index (χ0n) is 10.9. The summed E-state index contributed by atoms with van der Waals surface area (Å²) in [5.41, 5.74) is 0. The topological polar surface area (TPSA) is 60.2 Å². The van der Waals surface area contributed by atoms with Gasteiger partial charge in [0.15, 0.2) is 5.16 Å². The fourth-order valence-corrected chi connectivity index (χ4v) is 2.53. The quantitative estimate of drug-likeness (QED) is 0.755. The van der Waals surface area contributed by atoms with Crippen molar-refractivity contribution in [3.05, 3.63) is 5.82 Å². The zero-order chi connectivity index (χ0) is 12.8. The third-order valence-electron chi connectivity index (χ3n) is 2.27. The first-order chi connectivity index (χ1) is 8.06. The van der Waals surface area contributed by atoms with Crippen LogP contribution in [0.3, 0.4) is 0 Å². The number of ether oxygens (including phenoxy) is 1. The largest absolute Gasteiger partial charge is 0.390 e. The van der Waals surface area contributed by atoms with Crippen molar-refractivity contribution < 1.29 is 9.84 Å². The van der Waals surface area contributed by atoms with Crippen LogP contribution in [0.15, 0.2) is 5.16 Å². The smallest absolute Gasteiger partial charge is 0.191 e. The number of aliphatic hydroxyl groups excluding tert-OH is 1. The molecule has 6 heteroatoms. The molecule has 0 aromatic carbocycles. The highest BCUT2D eigenvalue weighted by atomic mass is 32.2. The molecule has 98 valence electrons. The maximum Gasteiger partial charge on any atom is 0.191 e. The van der Waals surface area contributed by atoms with E-state index in [9.17, 15) is 5.11 Å². The van der Waals surface area contributed by atoms with Gasteiger partial charge in [0.1, 0.15) is 5.82 Å². The van der Waals surface area contributed by atoms with Gasteiger partial charge < -0.3 is 14.4 Å². The van der Waals surface area contributed by atoms with Crippen molar-refractivity contribution in [3.63, 3.8) is 0 Å². The van der Waals surface area contributed by atoms with Crippen LogP contribution in [0.25, 0.3) is 0 Å². The number of rotatable bonds is 7. The molecule has 0 aliphatic rings. The van der Waals surface area contributed by atoms with Crippen LogP contribution >= 0.6 is 11.8 Å². The van der Waals surface area contributed by atoms with Crippen molar-refractivity contribution in [2.24, 2.45) is 0 Å². The number of hydrogen-bond acceptors (Lipinski definition) is 5. The average molecular weight is 259 g/mol. The lowest BCUT2D eigenvalue weighted by Gasteiger charge is -2.13. The highest BCUT2D eigenvalue weighted by Gasteiger charge is 2.14. The Morgan fingerprint density at radius 2 is 2.12 bits per heavy atom. The van der Waals surface area contributed by atoms with Gasteiger partial charge in [-0.25, -0.2) is 0 Å². The second-order valence-electron chi connectivity index (χ2n) is 4.12. The molecule has 0 fully saturated rings. The summed E-state index contributed by atoms with van der Waals surface area (Å²) in [6.45, 7) is 9.04. The van der Waals surface area contributed by atoms with Gasteiger partial charge in [-0.05, 0) is 27.7 Å². The molecule has 1 aromatic rings. The van der Waals surface area contributed by atoms with Gasteiger partial charge in [0.05, 0.1) is 12.7 Å². The first-order valence-electron chi connectivity index (χ1n) is 5.86. The van der Waals surface area contributed by atoms with E-state index in [1.54, 1.807) is 0 Å². The summed E-state index contributed by atoms with van der Waals surface area (Å²) in [7, 11) is 0. The fourth-order valence-electron chi connectivity index (χ4n) is 1.52. The monoisotopic (exact) mass is 259 g/mol. The van der Waals surface area contributed by atoms with Gasteiger partial charge in [-0.15, -0.1) is 10.2 Å². The highest BCUT2D eigenvalue weighted by molar-refractivity contribution is 7.99. The van der Waals surface area contributed by atoms with E-state index in [2.05, 4.69) is 28.6 Å². The molecule has 1 atom stereocenters. The van der Waals surface area contributed by atoms with E-state index in [-0.39, 0.29) is 0 Å². The number of nitrogens with zero attached hydrogens (tertiary/aromatic N) is 3. The maximum absolute atomic E-state index is 9.67. The molecule has 0 aliphatic carbocycles. The Labute approximate surface area is 107 Å². The molecule has 17 heavy (non-hydrogen) atoms. The van der Waals surface area contributed by atoms with Crippen molar-refractivity contribution in [1.82, 2.24) is 14.8 Å². The predicted molar refractivity (Wildman–Crippen MR) is 68.4 cm³/mol. The van der Waals surface area contributed by atoms with Crippen LogP contribution in [0, 0.1) is 6.92 Å². The van der Waals surface area contributed by atoms with Gasteiger partial charge in [-0.2, -0.15) is 0 Å². The minimum absolute atomic E-state index is 0.330. The van der Waals surface area contributed by atoms with E-state index >= 15 is 0 Å². The number of aryl methyl sites for hydroxylation is 1. The first-order valence-corrected chi connectivity index (χ1v) is 6.84. The van der Waals surface area contributed by atoms with Gasteiger partial charge in [0, 0.05) is 18.4 Å². The van der Waals surface area contributed by atoms with Gasteiger partial charge in [0.2, 0.25) is 0 Å². The van der Waals surface area contributed by atoms with Crippen LogP contribution in [0.1, 0.15) is 32.6 Å². The molecule has 0 spiro atoms. The molecule has 0 saturated carbocycles. The van der Waals surface area contributed by atoms with Gasteiger partial charge in [0.25, 0.3) is 0 Å². The molecule has 0 aliphatic heterocycles. The SMILES string of the molecule is CCOCC(O)CSc1nnc(C)n1C(C)C. The Kier molecular flexibility index (Phi) is 5.94. The van der Waals surface area contributed by atoms with Crippen LogP contribution in [0.2, 0.25) is 0 Å². The summed E-state index contributed by atoms with van der Waals surface area (Å²) in [6.07, 6.45) is -0.461. The van der Waals surface area contributed by atoms with Crippen LogP contribution in [-0.4, -0.2) is 44.9 Å². The molecule has 1 unspecified atom stereocenters. The van der Waals surface area contributed by atoms with E-state index in [0.717, 1.165) is 11.0 Å². The number of aliphatic hydroxyl groups is 1. The third-order valence-corrected chi connectivity index (χ3v) is 3.36. The number of aromatic nitrogens is 3. The van der Waals surface area contributed by atoms with E-state index < -0.39 is 6.10 Å². The normalized spacial score (nSPS) is 13.3. The molecule has 1 N–H and O–H groups in total. The van der Waals surface area contributed by atoms with Crippen molar-refractivity contribution in [2.45, 2.75) is 45.0 Å². The fraction of sp³-hybridized carbons (Fsp3) is 0.818. The Morgan fingerprint density at radius 1 is 1.41 bits per heavy atom. The van der Waals surface area contributed by atoms with Crippen molar-refractivity contribution in [3.8, 4) is 0 Å². The second kappa shape index (κ2) is 6.98. The molecule has 0 bridgehead atoms. The van der Waals surface area contributed by atoms with E-state index in [0.29, 0.717) is 25.0 Å². The lowest BCUT2D eigenvalue weighted by atomic mass is 10.4. The standard InChI is InChI=1S/C11H21N3O2S/c1-5-16-6-10(15)7-17-11-13-12-9(4)14(11)8(2)3/h8,10,15H,5-7H2,1-4H3. The molecule has 0 radical (unpaired) electrons. The van der Waals surface area contributed by atoms with Crippen molar-refractivity contribution in [2.75, 3.05) is 19.0 Å². The molecule has 1 heterocycles. The van der Waals surface area contributed by atoms with Gasteiger partial charge in [-0.3, -0.25) is 0 Å². The summed E-state index contributed by atoms with van der Waals surface area (Å²) in [4.78, 5) is 0. The Hall–Kier alpha value is -0.590. The first kappa shape index (κ1) is 14.5. The molecule has 0 amide bonds. The molecular formula is C11H21N3O2S. The Morgan fingerprint density at radius 3 is 2.71 bits per heavy atom. The highest BCUT2D eigenvalue weighted by Crippen LogP contribution is 2.21. The number of thioether (sulfide) groups is 1. The average Bonchev–Trinajstić information content (AvgIpc) is 2.65. The van der Waals surface area contributed by atoms with E-state index in [1.165, 1.54) is 11.8 Å². The minimum Gasteiger partial charge on any atom is -0.390 e. The molecular weight excluding hydrogens is 238 g/mol. The Balaban J connectivity index is 2.51. The summed E-state index contributed by atoms with van der Waals surface area (Å²) in [5, 5.41) is 18.7. The van der Waals surface area contributed by atoms with E-state index in [4.69, 9.17) is 4.74 Å². The lowest BCUT2D eigenvalue weighted by Crippen LogP contribution is -2.18. The molecule has 1 rings (SSSR count). The molecule has 5 nitrogen and oxygen atoms in total. The van der Waals surface area contributed by atoms with Gasteiger partial charge in [-0.1, -0.05) is 11.8 Å². The Bertz CT molecular complexity index is 341. The summed E-state index contributed by atoms with van der Waals surface area (Å²) in [6, 6.07) is 0.330. The second-order valence-corrected chi connectivity index (χ2v) is 5.10. The third kappa shape index (κ3) is 4.29. The molecule has 0 saturated heterocycles. The van der Waals surface area contributed by atoms with Crippen molar-refractivity contribution >= 4 is 11.8 Å². The summed E-state index contributed by atoms with van der Waals surface area (Å²) >= 11 is 1.51. The minimum atomic E-state index is -0.461. The van der Waals surface area contributed by atoms with Crippen LogP contribution in [0.5, 0.6) is 0 Å². The summed E-state index contributed by atoms with van der Waals surface area (Å²) in [5.74, 6) is 1.48. The number of hydrogen-bond donors (Lipinski definition) is 1. The van der Waals surface area contributed by atoms with Crippen LogP contribution < -0.4 is 0 Å². The maximum atomic E-state index is 9.67. The van der Waals surface area contributed by atoms with E-state index in [1.807, 2.05) is 13.8 Å². The lowest BCUT2D eigenvalue weighted by molar-refractivity contribution is 0.0551. The van der Waals surface area contributed by atoms with Crippen molar-refractivity contribution in [1.29, 1.82) is 0 Å². The summed E-state index contributed by atoms with van der Waals surface area (Å²) < 4.78 is 7.23. The van der Waals surface area contributed by atoms with Crippen LogP contribution in [0.4, 0.5) is 0 Å². The zero-order valence-corrected chi connectivity index (χ0v) is 11.7. The van der Waals surface area contributed by atoms with Gasteiger partial charge >= 0.3 is 0 Å². The van der Waals surface area contributed by atoms with Crippen LogP contribution in [-0.2, 0) is 4.74 Å². The predicted octanol–water partition coefficient (Wildman–Crippen LogP) is 1.66.